The minimum absolute atomic E-state index is 0.693. The molecule has 1 rings (SSSR count). The van der Waals surface area contributed by atoms with E-state index in [0.717, 1.165) is 25.5 Å². The smallest absolute Gasteiger partial charge is 0.191 e. The van der Waals surface area contributed by atoms with Gasteiger partial charge >= 0.3 is 0 Å². The summed E-state index contributed by atoms with van der Waals surface area (Å²) in [4.78, 5) is 6.77. The van der Waals surface area contributed by atoms with Crippen LogP contribution in [0.3, 0.4) is 0 Å². The quantitative estimate of drug-likeness (QED) is 0.599. The van der Waals surface area contributed by atoms with Crippen molar-refractivity contribution in [3.8, 4) is 0 Å². The lowest BCUT2D eigenvalue weighted by molar-refractivity contribution is 0.573. The van der Waals surface area contributed by atoms with Crippen LogP contribution in [0.25, 0.3) is 0 Å². The van der Waals surface area contributed by atoms with Crippen LogP contribution in [0.15, 0.2) is 29.3 Å². The molecule has 0 saturated heterocycles. The summed E-state index contributed by atoms with van der Waals surface area (Å²) in [6, 6.07) is 8.49. The van der Waals surface area contributed by atoms with Crippen LogP contribution < -0.4 is 15.5 Å². The summed E-state index contributed by atoms with van der Waals surface area (Å²) in [5.74, 6) is 1.60. The molecule has 0 aliphatic carbocycles. The van der Waals surface area contributed by atoms with Gasteiger partial charge in [0.1, 0.15) is 0 Å². The van der Waals surface area contributed by atoms with Crippen LogP contribution in [0, 0.1) is 5.92 Å². The monoisotopic (exact) mass is 290 g/mol. The van der Waals surface area contributed by atoms with Crippen LogP contribution >= 0.6 is 0 Å². The van der Waals surface area contributed by atoms with Crippen molar-refractivity contribution < 1.29 is 0 Å². The van der Waals surface area contributed by atoms with Gasteiger partial charge in [-0.3, -0.25) is 0 Å². The third kappa shape index (κ3) is 7.02. The largest absolute Gasteiger partial charge is 0.378 e. The zero-order valence-corrected chi connectivity index (χ0v) is 14.1. The van der Waals surface area contributed by atoms with E-state index >= 15 is 0 Å². The van der Waals surface area contributed by atoms with Crippen LogP contribution in [0.2, 0.25) is 0 Å². The summed E-state index contributed by atoms with van der Waals surface area (Å²) in [5, 5.41) is 6.68. The van der Waals surface area contributed by atoms with E-state index in [1.807, 2.05) is 0 Å². The normalized spacial score (nSPS) is 11.6. The van der Waals surface area contributed by atoms with E-state index in [-0.39, 0.29) is 0 Å². The lowest BCUT2D eigenvalue weighted by Gasteiger charge is -2.14. The fourth-order valence-electron chi connectivity index (χ4n) is 1.92. The average molecular weight is 290 g/mol. The van der Waals surface area contributed by atoms with Gasteiger partial charge in [-0.15, -0.1) is 0 Å². The summed E-state index contributed by atoms with van der Waals surface area (Å²) in [5.41, 5.74) is 2.43. The molecule has 1 aromatic carbocycles. The molecule has 0 fully saturated rings. The number of hydrogen-bond donors (Lipinski definition) is 2. The maximum atomic E-state index is 4.66. The third-order valence-corrected chi connectivity index (χ3v) is 3.21. The minimum Gasteiger partial charge on any atom is -0.378 e. The number of guanidine groups is 1. The van der Waals surface area contributed by atoms with Gasteiger partial charge in [-0.05, 0) is 37.0 Å². The Morgan fingerprint density at radius 1 is 1.24 bits per heavy atom. The van der Waals surface area contributed by atoms with Crippen molar-refractivity contribution in [1.29, 1.82) is 0 Å². The van der Waals surface area contributed by atoms with Crippen molar-refractivity contribution in [3.63, 3.8) is 0 Å². The van der Waals surface area contributed by atoms with E-state index in [1.165, 1.54) is 11.3 Å². The van der Waals surface area contributed by atoms with E-state index in [4.69, 9.17) is 0 Å². The van der Waals surface area contributed by atoms with Gasteiger partial charge in [0, 0.05) is 32.9 Å². The highest BCUT2D eigenvalue weighted by Gasteiger charge is 2.00. The van der Waals surface area contributed by atoms with E-state index in [1.54, 1.807) is 0 Å². The summed E-state index contributed by atoms with van der Waals surface area (Å²) in [6.07, 6.45) is 1.15. The number of aliphatic imine (C=N–C) groups is 1. The van der Waals surface area contributed by atoms with E-state index in [2.05, 4.69) is 79.7 Å². The first-order chi connectivity index (χ1) is 10.0. The molecule has 0 radical (unpaired) electrons. The topological polar surface area (TPSA) is 39.7 Å². The average Bonchev–Trinajstić information content (AvgIpc) is 2.44. The molecule has 0 unspecified atom stereocenters. The van der Waals surface area contributed by atoms with Gasteiger partial charge in [-0.1, -0.05) is 26.0 Å². The second-order valence-electron chi connectivity index (χ2n) is 5.87. The van der Waals surface area contributed by atoms with Crippen LogP contribution in [-0.4, -0.2) is 33.1 Å². The Labute approximate surface area is 129 Å². The molecule has 4 heteroatoms. The number of rotatable bonds is 7. The molecule has 4 nitrogen and oxygen atoms in total. The molecule has 0 aliphatic heterocycles. The van der Waals surface area contributed by atoms with Crippen molar-refractivity contribution in [3.05, 3.63) is 29.8 Å². The molecule has 0 saturated carbocycles. The Hall–Kier alpha value is -1.71. The Morgan fingerprint density at radius 2 is 2.00 bits per heavy atom. The molecular formula is C17H30N4. The van der Waals surface area contributed by atoms with Crippen molar-refractivity contribution in [2.45, 2.75) is 33.7 Å². The zero-order valence-electron chi connectivity index (χ0n) is 14.1. The summed E-state index contributed by atoms with van der Waals surface area (Å²) >= 11 is 0. The first kappa shape index (κ1) is 17.3. The Kier molecular flexibility index (Phi) is 7.65. The van der Waals surface area contributed by atoms with Crippen molar-refractivity contribution in [2.24, 2.45) is 10.9 Å². The molecule has 0 bridgehead atoms. The maximum absolute atomic E-state index is 4.66. The molecule has 0 aromatic heterocycles. The molecule has 0 aliphatic rings. The fraction of sp³-hybridized carbons (Fsp3) is 0.588. The van der Waals surface area contributed by atoms with E-state index < -0.39 is 0 Å². The molecule has 1 aromatic rings. The zero-order chi connectivity index (χ0) is 15.7. The maximum Gasteiger partial charge on any atom is 0.191 e. The van der Waals surface area contributed by atoms with Crippen molar-refractivity contribution in [2.75, 3.05) is 32.1 Å². The molecule has 0 atom stereocenters. The highest BCUT2D eigenvalue weighted by Crippen LogP contribution is 2.13. The van der Waals surface area contributed by atoms with Crippen molar-refractivity contribution >= 4 is 11.6 Å². The van der Waals surface area contributed by atoms with Crippen LogP contribution in [-0.2, 0) is 6.54 Å². The lowest BCUT2D eigenvalue weighted by Crippen LogP contribution is -2.38. The molecule has 0 amide bonds. The Morgan fingerprint density at radius 3 is 2.62 bits per heavy atom. The molecule has 118 valence electrons. The van der Waals surface area contributed by atoms with Gasteiger partial charge in [0.05, 0.1) is 6.54 Å². The standard InChI is InChI=1S/C17H30N4/c1-6-18-17(19-11-10-14(2)3)20-13-15-8-7-9-16(12-15)21(4)5/h7-9,12,14H,6,10-11,13H2,1-5H3,(H2,18,19,20). The third-order valence-electron chi connectivity index (χ3n) is 3.21. The van der Waals surface area contributed by atoms with Gasteiger partial charge in [-0.25, -0.2) is 4.99 Å². The fourth-order valence-corrected chi connectivity index (χ4v) is 1.92. The summed E-state index contributed by atoms with van der Waals surface area (Å²) < 4.78 is 0. The minimum atomic E-state index is 0.693. The first-order valence-corrected chi connectivity index (χ1v) is 7.81. The van der Waals surface area contributed by atoms with Crippen molar-refractivity contribution in [1.82, 2.24) is 10.6 Å². The molecule has 21 heavy (non-hydrogen) atoms. The molecule has 2 N–H and O–H groups in total. The highest BCUT2D eigenvalue weighted by atomic mass is 15.2. The highest BCUT2D eigenvalue weighted by molar-refractivity contribution is 5.79. The van der Waals surface area contributed by atoms with Gasteiger partial charge in [0.15, 0.2) is 5.96 Å². The summed E-state index contributed by atoms with van der Waals surface area (Å²) in [6.45, 7) is 9.09. The Bertz CT molecular complexity index is 438. The SMILES string of the molecule is CCNC(=NCc1cccc(N(C)C)c1)NCCC(C)C. The van der Waals surface area contributed by atoms with Gasteiger partial charge < -0.3 is 15.5 Å². The van der Waals surface area contributed by atoms with E-state index in [9.17, 15) is 0 Å². The van der Waals surface area contributed by atoms with Gasteiger partial charge in [0.2, 0.25) is 0 Å². The second kappa shape index (κ2) is 9.27. The number of nitrogens with one attached hydrogen (secondary N) is 2. The van der Waals surface area contributed by atoms with Crippen LogP contribution in [0.5, 0.6) is 0 Å². The number of anilines is 1. The van der Waals surface area contributed by atoms with Crippen LogP contribution in [0.4, 0.5) is 5.69 Å². The second-order valence-corrected chi connectivity index (χ2v) is 5.87. The summed E-state index contributed by atoms with van der Waals surface area (Å²) in [7, 11) is 4.11. The van der Waals surface area contributed by atoms with E-state index in [0.29, 0.717) is 12.5 Å². The number of hydrogen-bond acceptors (Lipinski definition) is 2. The lowest BCUT2D eigenvalue weighted by atomic mass is 10.1. The number of nitrogens with zero attached hydrogens (tertiary/aromatic N) is 2. The Balaban J connectivity index is 2.62. The molecular weight excluding hydrogens is 260 g/mol. The molecule has 0 heterocycles. The predicted octanol–water partition coefficient (Wildman–Crippen LogP) is 2.85. The van der Waals surface area contributed by atoms with Gasteiger partial charge in [-0.2, -0.15) is 0 Å². The first-order valence-electron chi connectivity index (χ1n) is 7.81. The van der Waals surface area contributed by atoms with Gasteiger partial charge in [0.25, 0.3) is 0 Å². The number of benzene rings is 1. The van der Waals surface area contributed by atoms with Crippen LogP contribution in [0.1, 0.15) is 32.8 Å². The molecule has 0 spiro atoms. The predicted molar refractivity (Wildman–Crippen MR) is 93.0 cm³/mol.